The number of ether oxygens (including phenoxy) is 4. The summed E-state index contributed by atoms with van der Waals surface area (Å²) in [5, 5.41) is 5.21. The van der Waals surface area contributed by atoms with Crippen molar-refractivity contribution in [1.29, 1.82) is 0 Å². The topological polar surface area (TPSA) is 78.3 Å². The average molecular weight is 607 g/mol. The van der Waals surface area contributed by atoms with Crippen LogP contribution in [-0.2, 0) is 25.5 Å². The van der Waals surface area contributed by atoms with E-state index in [0.717, 1.165) is 110 Å². The van der Waals surface area contributed by atoms with Crippen LogP contribution in [0.3, 0.4) is 0 Å². The number of rotatable bonds is 17. The first-order valence-electron chi connectivity index (χ1n) is 17.0. The number of unbranched alkanes of at least 4 members (excludes halogenated alkanes) is 2. The summed E-state index contributed by atoms with van der Waals surface area (Å²) in [5.74, 6) is 0.414. The summed E-state index contributed by atoms with van der Waals surface area (Å²) in [6.45, 7) is 16.3. The second kappa shape index (κ2) is 17.7. The summed E-state index contributed by atoms with van der Waals surface area (Å²) in [7, 11) is 3.92. The van der Waals surface area contributed by atoms with Gasteiger partial charge in [0.05, 0.1) is 18.9 Å². The highest BCUT2D eigenvalue weighted by atomic mass is 16.6. The fraction of sp³-hybridized carbons (Fsp3) is 0.882. The molecule has 1 unspecified atom stereocenters. The summed E-state index contributed by atoms with van der Waals surface area (Å²) in [4.78, 5) is 16.4. The normalized spacial score (nSPS) is 19.6. The molecule has 9 heteroatoms. The SMILES string of the molecule is CCCCOCC1(COCCCC)CCC(c2nn(C3CCCCO3)cc2CN(C)CCN(C)C(=O)OC(C)(C)C)CC1. The van der Waals surface area contributed by atoms with E-state index in [9.17, 15) is 4.79 Å². The molecule has 1 saturated carbocycles. The largest absolute Gasteiger partial charge is 0.444 e. The Hall–Kier alpha value is -1.68. The van der Waals surface area contributed by atoms with Crippen molar-refractivity contribution in [2.24, 2.45) is 5.41 Å². The molecule has 9 nitrogen and oxygen atoms in total. The van der Waals surface area contributed by atoms with Gasteiger partial charge in [-0.15, -0.1) is 0 Å². The van der Waals surface area contributed by atoms with Crippen molar-refractivity contribution in [2.45, 2.75) is 130 Å². The van der Waals surface area contributed by atoms with Crippen molar-refractivity contribution in [3.63, 3.8) is 0 Å². The van der Waals surface area contributed by atoms with Crippen LogP contribution in [0.5, 0.6) is 0 Å². The maximum absolute atomic E-state index is 12.5. The summed E-state index contributed by atoms with van der Waals surface area (Å²) >= 11 is 0. The number of nitrogens with zero attached hydrogens (tertiary/aromatic N) is 4. The Morgan fingerprint density at radius 3 is 2.23 bits per heavy atom. The maximum atomic E-state index is 12.5. The molecule has 0 radical (unpaired) electrons. The van der Waals surface area contributed by atoms with Gasteiger partial charge in [0.2, 0.25) is 0 Å². The van der Waals surface area contributed by atoms with Gasteiger partial charge in [-0.2, -0.15) is 5.10 Å². The number of carbonyl (C=O) groups is 1. The Balaban J connectivity index is 1.68. The summed E-state index contributed by atoms with van der Waals surface area (Å²) < 4.78 is 26.2. The fourth-order valence-electron chi connectivity index (χ4n) is 6.01. The van der Waals surface area contributed by atoms with E-state index in [1.807, 2.05) is 20.8 Å². The lowest BCUT2D eigenvalue weighted by atomic mass is 9.70. The highest BCUT2D eigenvalue weighted by Crippen LogP contribution is 2.44. The van der Waals surface area contributed by atoms with Gasteiger partial charge in [0.25, 0.3) is 0 Å². The van der Waals surface area contributed by atoms with Crippen LogP contribution >= 0.6 is 0 Å². The van der Waals surface area contributed by atoms with Crippen molar-refractivity contribution < 1.29 is 23.7 Å². The third-order valence-corrected chi connectivity index (χ3v) is 8.79. The van der Waals surface area contributed by atoms with Crippen molar-refractivity contribution in [3.05, 3.63) is 17.5 Å². The number of amides is 1. The van der Waals surface area contributed by atoms with Gasteiger partial charge in [-0.05, 0) is 85.6 Å². The van der Waals surface area contributed by atoms with Crippen LogP contribution in [-0.4, -0.2) is 91.5 Å². The van der Waals surface area contributed by atoms with Gasteiger partial charge in [0.1, 0.15) is 11.8 Å². The molecule has 3 rings (SSSR count). The minimum Gasteiger partial charge on any atom is -0.444 e. The van der Waals surface area contributed by atoms with Gasteiger partial charge >= 0.3 is 6.09 Å². The zero-order chi connectivity index (χ0) is 31.3. The van der Waals surface area contributed by atoms with E-state index >= 15 is 0 Å². The Morgan fingerprint density at radius 1 is 1.02 bits per heavy atom. The van der Waals surface area contributed by atoms with Gasteiger partial charge in [0, 0.05) is 69.6 Å². The van der Waals surface area contributed by atoms with Gasteiger partial charge in [0.15, 0.2) is 0 Å². The number of hydrogen-bond donors (Lipinski definition) is 0. The van der Waals surface area contributed by atoms with E-state index in [1.54, 1.807) is 11.9 Å². The number of likely N-dealkylation sites (N-methyl/N-ethyl adjacent to an activating group) is 2. The standard InChI is InChI=1S/C34H62N4O5/c1-8-10-21-40-26-34(27-41-22-11-9-2)17-15-28(16-18-34)31-29(25-38(35-31)30-14-12-13-23-42-30)24-36(6)19-20-37(7)32(39)43-33(3,4)5/h25,28,30H,8-24,26-27H2,1-7H3. The lowest BCUT2D eigenvalue weighted by Gasteiger charge is -2.40. The molecule has 2 aliphatic rings. The predicted octanol–water partition coefficient (Wildman–Crippen LogP) is 7.16. The molecule has 248 valence electrons. The second-order valence-electron chi connectivity index (χ2n) is 14.1. The first-order chi connectivity index (χ1) is 20.6. The molecule has 2 heterocycles. The minimum atomic E-state index is -0.497. The van der Waals surface area contributed by atoms with E-state index in [0.29, 0.717) is 12.5 Å². The Bertz CT molecular complexity index is 918. The molecule has 0 N–H and O–H groups in total. The van der Waals surface area contributed by atoms with Crippen LogP contribution in [0.2, 0.25) is 0 Å². The van der Waals surface area contributed by atoms with E-state index in [-0.39, 0.29) is 17.7 Å². The highest BCUT2D eigenvalue weighted by Gasteiger charge is 2.38. The number of aromatic nitrogens is 2. The third-order valence-electron chi connectivity index (χ3n) is 8.79. The summed E-state index contributed by atoms with van der Waals surface area (Å²) in [6, 6.07) is 0. The quantitative estimate of drug-likeness (QED) is 0.174. The zero-order valence-corrected chi connectivity index (χ0v) is 28.5. The van der Waals surface area contributed by atoms with E-state index < -0.39 is 5.60 Å². The van der Waals surface area contributed by atoms with Crippen LogP contribution in [0.4, 0.5) is 4.79 Å². The summed E-state index contributed by atoms with van der Waals surface area (Å²) in [6.07, 6.45) is 14.2. The molecule has 0 spiro atoms. The van der Waals surface area contributed by atoms with Gasteiger partial charge < -0.3 is 28.7 Å². The molecule has 1 aromatic heterocycles. The third kappa shape index (κ3) is 12.0. The Labute approximate surface area is 261 Å². The Morgan fingerprint density at radius 2 is 1.67 bits per heavy atom. The maximum Gasteiger partial charge on any atom is 0.410 e. The van der Waals surface area contributed by atoms with Gasteiger partial charge in [-0.1, -0.05) is 26.7 Å². The van der Waals surface area contributed by atoms with Gasteiger partial charge in [-0.25, -0.2) is 9.48 Å². The molecule has 2 fully saturated rings. The first kappa shape index (κ1) is 35.8. The lowest BCUT2D eigenvalue weighted by Crippen LogP contribution is -2.38. The smallest absolute Gasteiger partial charge is 0.410 e. The molecular weight excluding hydrogens is 544 g/mol. The van der Waals surface area contributed by atoms with Crippen LogP contribution in [0.15, 0.2) is 6.20 Å². The van der Waals surface area contributed by atoms with Crippen molar-refractivity contribution in [3.8, 4) is 0 Å². The Kier molecular flexibility index (Phi) is 14.7. The van der Waals surface area contributed by atoms with Crippen molar-refractivity contribution in [2.75, 3.05) is 60.2 Å². The van der Waals surface area contributed by atoms with Crippen LogP contribution < -0.4 is 0 Å². The zero-order valence-electron chi connectivity index (χ0n) is 28.5. The lowest BCUT2D eigenvalue weighted by molar-refractivity contribution is -0.0466. The second-order valence-corrected chi connectivity index (χ2v) is 14.1. The molecule has 1 aliphatic carbocycles. The van der Waals surface area contributed by atoms with E-state index in [1.165, 1.54) is 17.7 Å². The molecule has 43 heavy (non-hydrogen) atoms. The van der Waals surface area contributed by atoms with E-state index in [4.69, 9.17) is 24.0 Å². The van der Waals surface area contributed by atoms with Crippen LogP contribution in [0.25, 0.3) is 0 Å². The van der Waals surface area contributed by atoms with Crippen LogP contribution in [0, 0.1) is 5.41 Å². The molecule has 1 aromatic rings. The molecule has 0 aromatic carbocycles. The first-order valence-corrected chi connectivity index (χ1v) is 17.0. The monoisotopic (exact) mass is 606 g/mol. The predicted molar refractivity (Wildman–Crippen MR) is 171 cm³/mol. The highest BCUT2D eigenvalue weighted by molar-refractivity contribution is 5.67. The van der Waals surface area contributed by atoms with Crippen molar-refractivity contribution in [1.82, 2.24) is 19.6 Å². The molecule has 1 saturated heterocycles. The summed E-state index contributed by atoms with van der Waals surface area (Å²) in [5.41, 5.74) is 2.08. The molecular formula is C34H62N4O5. The average Bonchev–Trinajstić information content (AvgIpc) is 3.40. The van der Waals surface area contributed by atoms with E-state index in [2.05, 4.69) is 36.7 Å². The van der Waals surface area contributed by atoms with Crippen molar-refractivity contribution >= 4 is 6.09 Å². The minimum absolute atomic E-state index is 0.0199. The molecule has 1 atom stereocenters. The number of hydrogen-bond acceptors (Lipinski definition) is 7. The number of carbonyl (C=O) groups excluding carboxylic acids is 1. The molecule has 0 bridgehead atoms. The van der Waals surface area contributed by atoms with Crippen LogP contribution in [0.1, 0.15) is 129 Å². The molecule has 1 aliphatic heterocycles. The fourth-order valence-corrected chi connectivity index (χ4v) is 6.01. The van der Waals surface area contributed by atoms with Gasteiger partial charge in [-0.3, -0.25) is 0 Å². The molecule has 1 amide bonds.